The van der Waals surface area contributed by atoms with Gasteiger partial charge in [0.05, 0.1) is 0 Å². The molecule has 0 saturated carbocycles. The van der Waals surface area contributed by atoms with Gasteiger partial charge in [-0.15, -0.1) is 0 Å². The second-order valence-electron chi connectivity index (χ2n) is 6.14. The zero-order valence-corrected chi connectivity index (χ0v) is 14.4. The first-order valence-electron chi connectivity index (χ1n) is 8.04. The average molecular weight is 314 g/mol. The van der Waals surface area contributed by atoms with Crippen molar-refractivity contribution in [3.05, 3.63) is 65.0 Å². The maximum atomic E-state index is 9.53. The molecule has 1 unspecified atom stereocenters. The fraction of sp³-hybridized carbons (Fsp3) is 0.400. The van der Waals surface area contributed by atoms with Crippen LogP contribution in [0.4, 0.5) is 0 Å². The molecule has 1 aliphatic carbocycles. The summed E-state index contributed by atoms with van der Waals surface area (Å²) >= 11 is 0. The summed E-state index contributed by atoms with van der Waals surface area (Å²) in [7, 11) is 1.61. The minimum absolute atomic E-state index is 0.261. The van der Waals surface area contributed by atoms with Crippen LogP contribution in [0.1, 0.15) is 38.7 Å². The van der Waals surface area contributed by atoms with Gasteiger partial charge in [0.25, 0.3) is 0 Å². The third kappa shape index (κ3) is 4.49. The molecule has 1 N–H and O–H groups in total. The summed E-state index contributed by atoms with van der Waals surface area (Å²) in [5, 5.41) is 9.53. The molecule has 0 amide bonds. The Kier molecular flexibility index (Phi) is 6.05. The first-order valence-corrected chi connectivity index (χ1v) is 8.04. The molecule has 1 aromatic rings. The van der Waals surface area contributed by atoms with Crippen molar-refractivity contribution in [1.29, 1.82) is 0 Å². The number of methoxy groups -OCH3 is 1. The van der Waals surface area contributed by atoms with Crippen molar-refractivity contribution in [3.63, 3.8) is 0 Å². The molecule has 0 bridgehead atoms. The van der Waals surface area contributed by atoms with Gasteiger partial charge in [0.1, 0.15) is 11.5 Å². The van der Waals surface area contributed by atoms with Gasteiger partial charge in [-0.1, -0.05) is 44.6 Å². The summed E-state index contributed by atoms with van der Waals surface area (Å²) in [6, 6.07) is 8.18. The van der Waals surface area contributed by atoms with Gasteiger partial charge in [0, 0.05) is 13.0 Å². The lowest BCUT2D eigenvalue weighted by Gasteiger charge is -2.24. The summed E-state index contributed by atoms with van der Waals surface area (Å²) in [6.07, 6.45) is 6.47. The van der Waals surface area contributed by atoms with Gasteiger partial charge >= 0.3 is 0 Å². The molecular weight excluding hydrogens is 288 g/mol. The van der Waals surface area contributed by atoms with Crippen molar-refractivity contribution in [2.45, 2.75) is 33.1 Å². The van der Waals surface area contributed by atoms with Crippen LogP contribution >= 0.6 is 0 Å². The Morgan fingerprint density at radius 2 is 1.83 bits per heavy atom. The van der Waals surface area contributed by atoms with Crippen LogP contribution in [0, 0.1) is 5.92 Å². The largest absolute Gasteiger partial charge is 0.508 e. The zero-order chi connectivity index (χ0) is 16.8. The van der Waals surface area contributed by atoms with Gasteiger partial charge in [-0.2, -0.15) is 0 Å². The Balaban J connectivity index is 2.23. The van der Waals surface area contributed by atoms with Crippen LogP contribution in [0.3, 0.4) is 0 Å². The Hall–Kier alpha value is -2.00. The van der Waals surface area contributed by atoms with Gasteiger partial charge < -0.3 is 14.6 Å². The van der Waals surface area contributed by atoms with E-state index < -0.39 is 0 Å². The summed E-state index contributed by atoms with van der Waals surface area (Å²) in [5.41, 5.74) is 3.97. The minimum atomic E-state index is 0.261. The lowest BCUT2D eigenvalue weighted by molar-refractivity contribution is 0.0511. The third-order valence-corrected chi connectivity index (χ3v) is 4.17. The first-order chi connectivity index (χ1) is 11.0. The van der Waals surface area contributed by atoms with Crippen molar-refractivity contribution >= 4 is 0 Å². The van der Waals surface area contributed by atoms with Crippen LogP contribution in [0.5, 0.6) is 5.75 Å². The lowest BCUT2D eigenvalue weighted by Crippen LogP contribution is -2.09. The van der Waals surface area contributed by atoms with Gasteiger partial charge in [-0.25, -0.2) is 0 Å². The SMILES string of the molecule is COCOc1ccc(C(C)C(=C2C=CC(O)=CC2)C(C)C)cc1. The Morgan fingerprint density at radius 3 is 2.35 bits per heavy atom. The molecule has 0 saturated heterocycles. The topological polar surface area (TPSA) is 38.7 Å². The number of hydrogen-bond acceptors (Lipinski definition) is 3. The molecule has 0 aliphatic heterocycles. The predicted octanol–water partition coefficient (Wildman–Crippen LogP) is 5.13. The number of ether oxygens (including phenoxy) is 2. The minimum Gasteiger partial charge on any atom is -0.508 e. The van der Waals surface area contributed by atoms with Crippen molar-refractivity contribution in [2.24, 2.45) is 5.92 Å². The van der Waals surface area contributed by atoms with E-state index in [9.17, 15) is 5.11 Å². The molecule has 3 heteroatoms. The van der Waals surface area contributed by atoms with Crippen molar-refractivity contribution in [1.82, 2.24) is 0 Å². The number of hydrogen-bond donors (Lipinski definition) is 1. The standard InChI is InChI=1S/C20H26O3/c1-14(2)20(17-5-9-18(21)10-6-17)15(3)16-7-11-19(12-8-16)23-13-22-4/h5,7-12,14-15,21H,6,13H2,1-4H3. The summed E-state index contributed by atoms with van der Waals surface area (Å²) in [6.45, 7) is 6.94. The molecule has 23 heavy (non-hydrogen) atoms. The molecule has 0 fully saturated rings. The smallest absolute Gasteiger partial charge is 0.188 e. The molecule has 1 aromatic carbocycles. The maximum Gasteiger partial charge on any atom is 0.188 e. The highest BCUT2D eigenvalue weighted by atomic mass is 16.7. The predicted molar refractivity (Wildman–Crippen MR) is 93.7 cm³/mol. The van der Waals surface area contributed by atoms with Gasteiger partial charge in [0.15, 0.2) is 6.79 Å². The van der Waals surface area contributed by atoms with E-state index in [0.717, 1.165) is 12.2 Å². The highest BCUT2D eigenvalue weighted by molar-refractivity contribution is 5.42. The fourth-order valence-electron chi connectivity index (χ4n) is 3.06. The van der Waals surface area contributed by atoms with Gasteiger partial charge in [-0.05, 0) is 47.8 Å². The number of aliphatic hydroxyl groups excluding tert-OH is 1. The molecule has 0 radical (unpaired) electrons. The van der Waals surface area contributed by atoms with Crippen LogP contribution in [0.15, 0.2) is 59.4 Å². The summed E-state index contributed by atoms with van der Waals surface area (Å²) < 4.78 is 10.4. The van der Waals surface area contributed by atoms with E-state index >= 15 is 0 Å². The molecule has 124 valence electrons. The zero-order valence-electron chi connectivity index (χ0n) is 14.4. The highest BCUT2D eigenvalue weighted by Gasteiger charge is 2.19. The molecule has 2 rings (SSSR count). The second kappa shape index (κ2) is 8.02. The van der Waals surface area contributed by atoms with E-state index in [-0.39, 0.29) is 6.79 Å². The van der Waals surface area contributed by atoms with E-state index in [4.69, 9.17) is 9.47 Å². The van der Waals surface area contributed by atoms with E-state index in [1.807, 2.05) is 24.3 Å². The lowest BCUT2D eigenvalue weighted by atomic mass is 9.81. The molecule has 0 spiro atoms. The monoisotopic (exact) mass is 314 g/mol. The van der Waals surface area contributed by atoms with Crippen LogP contribution in [-0.4, -0.2) is 19.0 Å². The Morgan fingerprint density at radius 1 is 1.13 bits per heavy atom. The highest BCUT2D eigenvalue weighted by Crippen LogP contribution is 2.35. The Labute approximate surface area is 138 Å². The number of allylic oxidation sites excluding steroid dienone is 5. The summed E-state index contributed by atoms with van der Waals surface area (Å²) in [5.74, 6) is 1.93. The van der Waals surface area contributed by atoms with Gasteiger partial charge in [-0.3, -0.25) is 0 Å². The molecule has 1 aliphatic rings. The molecule has 0 aromatic heterocycles. The van der Waals surface area contributed by atoms with Crippen molar-refractivity contribution in [2.75, 3.05) is 13.9 Å². The number of aliphatic hydroxyl groups is 1. The number of rotatable bonds is 6. The van der Waals surface area contributed by atoms with Crippen LogP contribution in [0.2, 0.25) is 0 Å². The van der Waals surface area contributed by atoms with Crippen LogP contribution < -0.4 is 4.74 Å². The molecular formula is C20H26O3. The maximum absolute atomic E-state index is 9.53. The van der Waals surface area contributed by atoms with Crippen LogP contribution in [-0.2, 0) is 4.74 Å². The normalized spacial score (nSPS) is 17.9. The molecule has 1 atom stereocenters. The molecule has 0 heterocycles. The summed E-state index contributed by atoms with van der Waals surface area (Å²) in [4.78, 5) is 0. The first kappa shape index (κ1) is 17.4. The average Bonchev–Trinajstić information content (AvgIpc) is 2.55. The third-order valence-electron chi connectivity index (χ3n) is 4.17. The Bertz CT molecular complexity index is 606. The van der Waals surface area contributed by atoms with E-state index in [1.165, 1.54) is 16.7 Å². The van der Waals surface area contributed by atoms with E-state index in [0.29, 0.717) is 17.6 Å². The van der Waals surface area contributed by atoms with E-state index in [1.54, 1.807) is 13.2 Å². The second-order valence-corrected chi connectivity index (χ2v) is 6.14. The van der Waals surface area contributed by atoms with E-state index in [2.05, 4.69) is 32.9 Å². The van der Waals surface area contributed by atoms with Crippen molar-refractivity contribution in [3.8, 4) is 5.75 Å². The van der Waals surface area contributed by atoms with Crippen molar-refractivity contribution < 1.29 is 14.6 Å². The quantitative estimate of drug-likeness (QED) is 0.740. The molecule has 3 nitrogen and oxygen atoms in total. The fourth-order valence-corrected chi connectivity index (χ4v) is 3.06. The van der Waals surface area contributed by atoms with Gasteiger partial charge in [0.2, 0.25) is 0 Å². The number of benzene rings is 1. The van der Waals surface area contributed by atoms with Crippen LogP contribution in [0.25, 0.3) is 0 Å².